The summed E-state index contributed by atoms with van der Waals surface area (Å²) >= 11 is 0. The van der Waals surface area contributed by atoms with E-state index in [4.69, 9.17) is 0 Å². The third-order valence-corrected chi connectivity index (χ3v) is 5.17. The molecule has 4 rings (SSSR count). The highest BCUT2D eigenvalue weighted by Crippen LogP contribution is 2.14. The van der Waals surface area contributed by atoms with Gasteiger partial charge in [-0.3, -0.25) is 4.79 Å². The number of hydrogen-bond acceptors (Lipinski definition) is 4. The number of nitrogens with one attached hydrogen (secondary N) is 1. The van der Waals surface area contributed by atoms with E-state index >= 15 is 0 Å². The summed E-state index contributed by atoms with van der Waals surface area (Å²) in [5.41, 5.74) is 5.73. The Kier molecular flexibility index (Phi) is 5.93. The van der Waals surface area contributed by atoms with Crippen molar-refractivity contribution < 1.29 is 4.79 Å². The Morgan fingerprint density at radius 3 is 2.52 bits per heavy atom. The van der Waals surface area contributed by atoms with E-state index in [0.29, 0.717) is 17.9 Å². The van der Waals surface area contributed by atoms with Crippen molar-refractivity contribution in [1.82, 2.24) is 29.9 Å². The van der Waals surface area contributed by atoms with Gasteiger partial charge in [-0.25, -0.2) is 14.3 Å². The van der Waals surface area contributed by atoms with Crippen LogP contribution < -0.4 is 5.32 Å². The maximum Gasteiger partial charge on any atom is 0.252 e. The van der Waals surface area contributed by atoms with Gasteiger partial charge in [0.15, 0.2) is 5.82 Å². The van der Waals surface area contributed by atoms with Crippen LogP contribution in [-0.4, -0.2) is 37.0 Å². The van der Waals surface area contributed by atoms with Gasteiger partial charge in [-0.2, -0.15) is 10.2 Å². The van der Waals surface area contributed by atoms with Crippen LogP contribution in [0.4, 0.5) is 0 Å². The van der Waals surface area contributed by atoms with Crippen LogP contribution in [0.1, 0.15) is 39.4 Å². The molecule has 3 heterocycles. The van der Waals surface area contributed by atoms with Gasteiger partial charge in [0, 0.05) is 24.6 Å². The van der Waals surface area contributed by atoms with Crippen molar-refractivity contribution in [3.8, 4) is 11.5 Å². The number of carbonyl (C=O) groups excluding carboxylic acids is 1. The van der Waals surface area contributed by atoms with Crippen molar-refractivity contribution in [3.05, 3.63) is 89.1 Å². The van der Waals surface area contributed by atoms with E-state index in [2.05, 4.69) is 26.7 Å². The number of rotatable bonds is 7. The third kappa shape index (κ3) is 4.71. The lowest BCUT2D eigenvalue weighted by atomic mass is 10.1. The Balaban J connectivity index is 1.30. The number of hydrogen-bond donors (Lipinski definition) is 1. The predicted molar refractivity (Wildman–Crippen MR) is 120 cm³/mol. The fourth-order valence-electron chi connectivity index (χ4n) is 3.54. The van der Waals surface area contributed by atoms with Crippen molar-refractivity contribution in [3.63, 3.8) is 0 Å². The van der Waals surface area contributed by atoms with Gasteiger partial charge in [-0.15, -0.1) is 0 Å². The highest BCUT2D eigenvalue weighted by molar-refractivity contribution is 5.93. The minimum Gasteiger partial charge on any atom is -0.352 e. The number of aryl methyl sites for hydroxylation is 4. The number of pyridine rings is 1. The molecule has 0 saturated heterocycles. The maximum absolute atomic E-state index is 12.4. The Hall–Kier alpha value is -3.74. The van der Waals surface area contributed by atoms with Crippen LogP contribution in [0.3, 0.4) is 0 Å². The molecule has 0 aliphatic carbocycles. The molecule has 1 N–H and O–H groups in total. The molecule has 7 heteroatoms. The lowest BCUT2D eigenvalue weighted by Crippen LogP contribution is -2.25. The van der Waals surface area contributed by atoms with Crippen LogP contribution in [0.5, 0.6) is 0 Å². The molecule has 0 radical (unpaired) electrons. The topological polar surface area (TPSA) is 77.6 Å². The van der Waals surface area contributed by atoms with Gasteiger partial charge in [-0.1, -0.05) is 18.2 Å². The monoisotopic (exact) mass is 414 g/mol. The van der Waals surface area contributed by atoms with Crippen LogP contribution in [0.15, 0.2) is 60.9 Å². The Morgan fingerprint density at radius 2 is 1.84 bits per heavy atom. The molecule has 3 aromatic heterocycles. The van der Waals surface area contributed by atoms with Crippen molar-refractivity contribution in [1.29, 1.82) is 0 Å². The molecule has 0 aliphatic rings. The highest BCUT2D eigenvalue weighted by atomic mass is 16.1. The van der Waals surface area contributed by atoms with E-state index in [0.717, 1.165) is 35.6 Å². The summed E-state index contributed by atoms with van der Waals surface area (Å²) in [5, 5.41) is 12.0. The molecule has 1 aromatic carbocycles. The van der Waals surface area contributed by atoms with E-state index in [-0.39, 0.29) is 5.91 Å². The minimum absolute atomic E-state index is 0.121. The van der Waals surface area contributed by atoms with Gasteiger partial charge < -0.3 is 5.32 Å². The van der Waals surface area contributed by atoms with Gasteiger partial charge in [0.1, 0.15) is 0 Å². The molecule has 0 aliphatic heterocycles. The summed E-state index contributed by atoms with van der Waals surface area (Å²) in [4.78, 5) is 16.8. The first-order chi connectivity index (χ1) is 15.0. The van der Waals surface area contributed by atoms with Crippen LogP contribution in [0.25, 0.3) is 11.5 Å². The molecule has 1 amide bonds. The molecule has 0 atom stereocenters. The molecule has 0 bridgehead atoms. The first-order valence-corrected chi connectivity index (χ1v) is 10.4. The number of para-hydroxylation sites is 1. The van der Waals surface area contributed by atoms with Gasteiger partial charge in [0.2, 0.25) is 0 Å². The first-order valence-electron chi connectivity index (χ1n) is 10.4. The molecule has 4 aromatic rings. The van der Waals surface area contributed by atoms with Gasteiger partial charge in [0.25, 0.3) is 5.91 Å². The predicted octanol–water partition coefficient (Wildman–Crippen LogP) is 3.74. The van der Waals surface area contributed by atoms with Crippen molar-refractivity contribution >= 4 is 5.91 Å². The van der Waals surface area contributed by atoms with E-state index in [1.54, 1.807) is 16.9 Å². The Bertz CT molecular complexity index is 1170. The SMILES string of the molecule is Cc1cc(C)n(-c2ccc(C(=O)NCCCc3cn(-c4ccccc4)nc3C)cn2)n1. The Labute approximate surface area is 181 Å². The zero-order valence-corrected chi connectivity index (χ0v) is 18.0. The second-order valence-corrected chi connectivity index (χ2v) is 7.62. The highest BCUT2D eigenvalue weighted by Gasteiger charge is 2.10. The fraction of sp³-hybridized carbons (Fsp3) is 0.250. The van der Waals surface area contributed by atoms with Crippen molar-refractivity contribution in [2.75, 3.05) is 6.54 Å². The van der Waals surface area contributed by atoms with Crippen LogP contribution >= 0.6 is 0 Å². The zero-order chi connectivity index (χ0) is 21.8. The second-order valence-electron chi connectivity index (χ2n) is 7.62. The summed E-state index contributed by atoms with van der Waals surface area (Å²) in [6.45, 7) is 6.53. The van der Waals surface area contributed by atoms with Crippen molar-refractivity contribution in [2.45, 2.75) is 33.6 Å². The summed E-state index contributed by atoms with van der Waals surface area (Å²) in [5.74, 6) is 0.581. The summed E-state index contributed by atoms with van der Waals surface area (Å²) in [7, 11) is 0. The average molecular weight is 415 g/mol. The quantitative estimate of drug-likeness (QED) is 0.467. The third-order valence-electron chi connectivity index (χ3n) is 5.17. The molecule has 0 spiro atoms. The molecular formula is C24H26N6O. The number of benzene rings is 1. The minimum atomic E-state index is -0.121. The standard InChI is InChI=1S/C24H26N6O/c1-17-14-18(2)30(27-17)23-12-11-20(15-26-23)24(31)25-13-7-8-21-16-29(28-19(21)3)22-9-5-4-6-10-22/h4-6,9-12,14-16H,7-8,13H2,1-3H3,(H,25,31). The average Bonchev–Trinajstić information content (AvgIpc) is 3.32. The smallest absolute Gasteiger partial charge is 0.252 e. The van der Waals surface area contributed by atoms with Crippen molar-refractivity contribution in [2.24, 2.45) is 0 Å². The molecule has 158 valence electrons. The molecule has 7 nitrogen and oxygen atoms in total. The first kappa shape index (κ1) is 20.5. The summed E-state index contributed by atoms with van der Waals surface area (Å²) < 4.78 is 3.67. The lowest BCUT2D eigenvalue weighted by molar-refractivity contribution is 0.0953. The van der Waals surface area contributed by atoms with E-state index in [1.807, 2.05) is 67.9 Å². The lowest BCUT2D eigenvalue weighted by Gasteiger charge is -2.07. The van der Waals surface area contributed by atoms with Crippen LogP contribution in [0.2, 0.25) is 0 Å². The van der Waals surface area contributed by atoms with E-state index < -0.39 is 0 Å². The number of aromatic nitrogens is 5. The molecule has 0 saturated carbocycles. The zero-order valence-electron chi connectivity index (χ0n) is 18.0. The molecule has 0 unspecified atom stereocenters. The fourth-order valence-corrected chi connectivity index (χ4v) is 3.54. The summed E-state index contributed by atoms with van der Waals surface area (Å²) in [6, 6.07) is 15.6. The summed E-state index contributed by atoms with van der Waals surface area (Å²) in [6.07, 6.45) is 5.35. The van der Waals surface area contributed by atoms with Gasteiger partial charge in [-0.05, 0) is 69.5 Å². The van der Waals surface area contributed by atoms with Gasteiger partial charge >= 0.3 is 0 Å². The van der Waals surface area contributed by atoms with Crippen LogP contribution in [0, 0.1) is 20.8 Å². The number of amides is 1. The normalized spacial score (nSPS) is 10.9. The number of nitrogens with zero attached hydrogens (tertiary/aromatic N) is 5. The Morgan fingerprint density at radius 1 is 1.03 bits per heavy atom. The van der Waals surface area contributed by atoms with Crippen LogP contribution in [-0.2, 0) is 6.42 Å². The second kappa shape index (κ2) is 8.95. The number of carbonyl (C=O) groups is 1. The molecular weight excluding hydrogens is 388 g/mol. The molecule has 31 heavy (non-hydrogen) atoms. The van der Waals surface area contributed by atoms with E-state index in [9.17, 15) is 4.79 Å². The molecule has 0 fully saturated rings. The largest absolute Gasteiger partial charge is 0.352 e. The van der Waals surface area contributed by atoms with Gasteiger partial charge in [0.05, 0.1) is 22.6 Å². The maximum atomic E-state index is 12.4. The van der Waals surface area contributed by atoms with E-state index in [1.165, 1.54) is 5.56 Å².